The molecular formula is C34H37F2N3O2. The molecule has 3 aromatic carbocycles. The molecule has 1 atom stereocenters. The fraction of sp³-hybridized carbons (Fsp3) is 0.382. The average molecular weight is 558 g/mol. The lowest BCUT2D eigenvalue weighted by Crippen LogP contribution is -2.26. The van der Waals surface area contributed by atoms with Gasteiger partial charge in [-0.3, -0.25) is 14.4 Å². The van der Waals surface area contributed by atoms with Gasteiger partial charge in [-0.2, -0.15) is 9.49 Å². The molecule has 0 unspecified atom stereocenters. The summed E-state index contributed by atoms with van der Waals surface area (Å²) >= 11 is 0. The Labute approximate surface area is 240 Å². The average Bonchev–Trinajstić information content (AvgIpc) is 3.58. The Bertz CT molecular complexity index is 1540. The van der Waals surface area contributed by atoms with Crippen LogP contribution in [0.15, 0.2) is 60.7 Å². The standard InChI is InChI=1S/C34H37F2N3O2/c1-22-18-28(40-2)11-12-29(22)33(24-4-3-5-24)32(26-8-13-31-30(19-26)34(36)38-37-31)25-6-9-27(10-7-25)41-17-16-39-15-14-23(20-35)21-39/h6-13,18-19,23-24H,3-5,14-17,20-21H2,1-2H3,(H,37,38)/b33-32+/t23-/m0/s1. The van der Waals surface area contributed by atoms with Crippen molar-refractivity contribution in [1.82, 2.24) is 15.1 Å². The molecule has 6 rings (SSSR count). The molecule has 1 saturated carbocycles. The van der Waals surface area contributed by atoms with Crippen molar-refractivity contribution in [3.05, 3.63) is 88.9 Å². The highest BCUT2D eigenvalue weighted by atomic mass is 19.1. The first-order chi connectivity index (χ1) is 20.0. The number of hydrogen-bond acceptors (Lipinski definition) is 4. The topological polar surface area (TPSA) is 50.4 Å². The Morgan fingerprint density at radius 1 is 1.00 bits per heavy atom. The van der Waals surface area contributed by atoms with Gasteiger partial charge in [-0.05, 0) is 108 Å². The fourth-order valence-corrected chi connectivity index (χ4v) is 6.19. The molecule has 0 amide bonds. The van der Waals surface area contributed by atoms with Crippen LogP contribution in [0.5, 0.6) is 11.5 Å². The summed E-state index contributed by atoms with van der Waals surface area (Å²) in [5.74, 6) is 1.78. The highest BCUT2D eigenvalue weighted by Gasteiger charge is 2.29. The number of nitrogens with one attached hydrogen (secondary N) is 1. The van der Waals surface area contributed by atoms with E-state index >= 15 is 0 Å². The number of hydrogen-bond donors (Lipinski definition) is 1. The van der Waals surface area contributed by atoms with Crippen LogP contribution in [0, 0.1) is 24.7 Å². The van der Waals surface area contributed by atoms with Crippen molar-refractivity contribution in [2.45, 2.75) is 32.6 Å². The number of benzene rings is 3. The lowest BCUT2D eigenvalue weighted by Gasteiger charge is -2.32. The molecule has 1 N–H and O–H groups in total. The number of alkyl halides is 1. The summed E-state index contributed by atoms with van der Waals surface area (Å²) in [4.78, 5) is 2.27. The monoisotopic (exact) mass is 557 g/mol. The third-order valence-electron chi connectivity index (χ3n) is 8.71. The molecule has 2 heterocycles. The summed E-state index contributed by atoms with van der Waals surface area (Å²) in [6.45, 7) is 4.98. The molecule has 0 radical (unpaired) electrons. The summed E-state index contributed by atoms with van der Waals surface area (Å²) in [7, 11) is 1.69. The summed E-state index contributed by atoms with van der Waals surface area (Å²) in [6.07, 6.45) is 4.36. The van der Waals surface area contributed by atoms with Crippen LogP contribution in [0.25, 0.3) is 22.0 Å². The number of ether oxygens (including phenoxy) is 2. The van der Waals surface area contributed by atoms with Gasteiger partial charge in [0.05, 0.1) is 24.7 Å². The van der Waals surface area contributed by atoms with Crippen LogP contribution < -0.4 is 9.47 Å². The molecule has 1 aliphatic carbocycles. The maximum absolute atomic E-state index is 14.6. The Morgan fingerprint density at radius 3 is 2.46 bits per heavy atom. The van der Waals surface area contributed by atoms with E-state index in [2.05, 4.69) is 46.3 Å². The second-order valence-electron chi connectivity index (χ2n) is 11.3. The highest BCUT2D eigenvalue weighted by molar-refractivity contribution is 6.01. The van der Waals surface area contributed by atoms with E-state index in [0.29, 0.717) is 23.4 Å². The zero-order chi connectivity index (χ0) is 28.3. The number of aromatic nitrogens is 2. The van der Waals surface area contributed by atoms with Gasteiger partial charge >= 0.3 is 0 Å². The summed E-state index contributed by atoms with van der Waals surface area (Å²) in [5.41, 5.74) is 7.35. The van der Waals surface area contributed by atoms with E-state index in [9.17, 15) is 8.78 Å². The molecule has 5 nitrogen and oxygen atoms in total. The van der Waals surface area contributed by atoms with E-state index < -0.39 is 5.95 Å². The fourth-order valence-electron chi connectivity index (χ4n) is 6.19. The van der Waals surface area contributed by atoms with Gasteiger partial charge in [0, 0.05) is 19.0 Å². The Kier molecular flexibility index (Phi) is 8.06. The first-order valence-electron chi connectivity index (χ1n) is 14.6. The smallest absolute Gasteiger partial charge is 0.216 e. The third kappa shape index (κ3) is 5.73. The van der Waals surface area contributed by atoms with Crippen molar-refractivity contribution in [3.63, 3.8) is 0 Å². The van der Waals surface area contributed by atoms with Gasteiger partial charge in [0.15, 0.2) is 0 Å². The van der Waals surface area contributed by atoms with E-state index in [0.717, 1.165) is 72.7 Å². The van der Waals surface area contributed by atoms with E-state index in [1.807, 2.05) is 36.4 Å². The first-order valence-corrected chi connectivity index (χ1v) is 14.6. The van der Waals surface area contributed by atoms with Crippen LogP contribution >= 0.6 is 0 Å². The van der Waals surface area contributed by atoms with Crippen molar-refractivity contribution in [1.29, 1.82) is 0 Å². The Morgan fingerprint density at radius 2 is 1.78 bits per heavy atom. The molecule has 2 aliphatic rings. The molecule has 0 bridgehead atoms. The minimum atomic E-state index is -0.424. The number of H-pyrrole nitrogens is 1. The normalized spacial score (nSPS) is 18.4. The van der Waals surface area contributed by atoms with Crippen LogP contribution in [0.3, 0.4) is 0 Å². The molecule has 0 spiro atoms. The molecular weight excluding hydrogens is 520 g/mol. The summed E-state index contributed by atoms with van der Waals surface area (Å²) < 4.78 is 39.2. The predicted molar refractivity (Wildman–Crippen MR) is 159 cm³/mol. The Balaban J connectivity index is 1.37. The number of allylic oxidation sites excluding steroid dienone is 1. The number of methoxy groups -OCH3 is 1. The van der Waals surface area contributed by atoms with Crippen LogP contribution in [-0.2, 0) is 0 Å². The maximum atomic E-state index is 14.6. The van der Waals surface area contributed by atoms with Gasteiger partial charge in [0.1, 0.15) is 18.1 Å². The van der Waals surface area contributed by atoms with Crippen LogP contribution in [0.2, 0.25) is 0 Å². The lowest BCUT2D eigenvalue weighted by atomic mass is 9.72. The number of aromatic amines is 1. The summed E-state index contributed by atoms with van der Waals surface area (Å²) in [5, 5.41) is 7.06. The second kappa shape index (κ2) is 12.0. The number of fused-ring (bicyclic) bond motifs is 1. The van der Waals surface area contributed by atoms with Gasteiger partial charge in [-0.1, -0.05) is 30.7 Å². The third-order valence-corrected chi connectivity index (χ3v) is 8.71. The molecule has 4 aromatic rings. The number of nitrogens with zero attached hydrogens (tertiary/aromatic N) is 2. The lowest BCUT2D eigenvalue weighted by molar-refractivity contribution is 0.228. The van der Waals surface area contributed by atoms with Gasteiger partial charge in [-0.15, -0.1) is 0 Å². The highest BCUT2D eigenvalue weighted by Crippen LogP contribution is 2.46. The van der Waals surface area contributed by atoms with Gasteiger partial charge < -0.3 is 9.47 Å². The quantitative estimate of drug-likeness (QED) is 0.206. The molecule has 1 aliphatic heterocycles. The zero-order valence-corrected chi connectivity index (χ0v) is 23.8. The molecule has 41 heavy (non-hydrogen) atoms. The molecule has 1 aromatic heterocycles. The maximum Gasteiger partial charge on any atom is 0.216 e. The van der Waals surface area contributed by atoms with Crippen molar-refractivity contribution in [2.24, 2.45) is 11.8 Å². The van der Waals surface area contributed by atoms with Crippen molar-refractivity contribution < 1.29 is 18.3 Å². The van der Waals surface area contributed by atoms with Gasteiger partial charge in [-0.25, -0.2) is 0 Å². The molecule has 7 heteroatoms. The zero-order valence-electron chi connectivity index (χ0n) is 23.8. The van der Waals surface area contributed by atoms with Crippen LogP contribution in [-0.4, -0.2) is 55.1 Å². The predicted octanol–water partition coefficient (Wildman–Crippen LogP) is 7.45. The van der Waals surface area contributed by atoms with Crippen molar-refractivity contribution in [2.75, 3.05) is 40.0 Å². The van der Waals surface area contributed by atoms with Gasteiger partial charge in [0.2, 0.25) is 5.95 Å². The first kappa shape index (κ1) is 27.5. The van der Waals surface area contributed by atoms with E-state index in [1.165, 1.54) is 17.6 Å². The van der Waals surface area contributed by atoms with Crippen molar-refractivity contribution >= 4 is 22.0 Å². The van der Waals surface area contributed by atoms with Gasteiger partial charge in [0.25, 0.3) is 0 Å². The van der Waals surface area contributed by atoms with E-state index in [4.69, 9.17) is 9.47 Å². The minimum absolute atomic E-state index is 0.161. The molecule has 2 fully saturated rings. The molecule has 214 valence electrons. The second-order valence-corrected chi connectivity index (χ2v) is 11.3. The number of aryl methyl sites for hydroxylation is 1. The Hall–Kier alpha value is -3.71. The number of rotatable bonds is 10. The van der Waals surface area contributed by atoms with Crippen LogP contribution in [0.4, 0.5) is 8.78 Å². The SMILES string of the molecule is COc1ccc(/C(=C(\c2ccc(OCCN3CC[C@@H](CF)C3)cc2)c2ccc3n[nH]c(F)c3c2)C2CCC2)c(C)c1. The number of likely N-dealkylation sites (tertiary alicyclic amines) is 1. The van der Waals surface area contributed by atoms with Crippen LogP contribution in [0.1, 0.15) is 47.9 Å². The molecule has 1 saturated heterocycles. The minimum Gasteiger partial charge on any atom is -0.497 e. The van der Waals surface area contributed by atoms with E-state index in [1.54, 1.807) is 7.11 Å². The van der Waals surface area contributed by atoms with Crippen molar-refractivity contribution in [3.8, 4) is 11.5 Å². The largest absolute Gasteiger partial charge is 0.497 e. The number of halogens is 2. The summed E-state index contributed by atoms with van der Waals surface area (Å²) in [6, 6.07) is 20.3. The van der Waals surface area contributed by atoms with E-state index in [-0.39, 0.29) is 12.6 Å².